The molecule has 0 saturated carbocycles. The minimum atomic E-state index is -0.431. The molecule has 0 spiro atoms. The van der Waals surface area contributed by atoms with Crippen molar-refractivity contribution in [1.82, 2.24) is 19.1 Å². The van der Waals surface area contributed by atoms with Crippen LogP contribution in [0.4, 0.5) is 0 Å². The Bertz CT molecular complexity index is 972. The van der Waals surface area contributed by atoms with Crippen LogP contribution < -0.4 is 11.2 Å². The third-order valence-corrected chi connectivity index (χ3v) is 5.17. The molecule has 132 valence electrons. The maximum atomic E-state index is 12.2. The minimum Gasteiger partial charge on any atom is -0.313 e. The summed E-state index contributed by atoms with van der Waals surface area (Å²) in [7, 11) is 1.63. The van der Waals surface area contributed by atoms with Gasteiger partial charge in [-0.1, -0.05) is 49.0 Å². The predicted molar refractivity (Wildman–Crippen MR) is 101 cm³/mol. The highest BCUT2D eigenvalue weighted by Gasteiger charge is 2.16. The summed E-state index contributed by atoms with van der Waals surface area (Å²) >= 11 is 1.64. The molecule has 0 saturated heterocycles. The van der Waals surface area contributed by atoms with Gasteiger partial charge in [-0.25, -0.2) is 9.78 Å². The second-order valence-electron chi connectivity index (χ2n) is 5.97. The fourth-order valence-electron chi connectivity index (χ4n) is 2.84. The van der Waals surface area contributed by atoms with E-state index in [4.69, 9.17) is 0 Å². The van der Waals surface area contributed by atoms with Crippen LogP contribution in [0, 0.1) is 0 Å². The van der Waals surface area contributed by atoms with Gasteiger partial charge in [0.2, 0.25) is 0 Å². The van der Waals surface area contributed by atoms with Crippen molar-refractivity contribution in [3.05, 3.63) is 56.7 Å². The maximum absolute atomic E-state index is 12.2. The number of thioether (sulfide) groups is 1. The Kier molecular flexibility index (Phi) is 5.43. The Labute approximate surface area is 149 Å². The number of benzene rings is 1. The lowest BCUT2D eigenvalue weighted by molar-refractivity contribution is 0.636. The SMILES string of the molecule is CCCn1c(SCCCc2ccccc2)nc2c1c(=O)[nH]c(=O)n2C. The topological polar surface area (TPSA) is 72.7 Å². The quantitative estimate of drug-likeness (QED) is 0.520. The Hall–Kier alpha value is -2.28. The van der Waals surface area contributed by atoms with Gasteiger partial charge in [-0.15, -0.1) is 0 Å². The summed E-state index contributed by atoms with van der Waals surface area (Å²) in [5.41, 5.74) is 1.46. The Morgan fingerprint density at radius 3 is 2.68 bits per heavy atom. The zero-order valence-corrected chi connectivity index (χ0v) is 15.3. The molecular weight excluding hydrogens is 336 g/mol. The first kappa shape index (κ1) is 17.5. The zero-order chi connectivity index (χ0) is 17.8. The number of fused-ring (bicyclic) bond motifs is 1. The summed E-state index contributed by atoms with van der Waals surface area (Å²) in [6.07, 6.45) is 2.94. The molecular formula is C18H22N4O2S. The first-order chi connectivity index (χ1) is 12.1. The van der Waals surface area contributed by atoms with Gasteiger partial charge >= 0.3 is 5.69 Å². The highest BCUT2D eigenvalue weighted by Crippen LogP contribution is 2.23. The molecule has 0 fully saturated rings. The highest BCUT2D eigenvalue weighted by atomic mass is 32.2. The molecule has 0 aliphatic heterocycles. The predicted octanol–water partition coefficient (Wildman–Crippen LogP) is 2.56. The molecule has 0 radical (unpaired) electrons. The third-order valence-electron chi connectivity index (χ3n) is 4.10. The van der Waals surface area contributed by atoms with Gasteiger partial charge in [0.25, 0.3) is 5.56 Å². The molecule has 1 N–H and O–H groups in total. The van der Waals surface area contributed by atoms with Crippen LogP contribution >= 0.6 is 11.8 Å². The Morgan fingerprint density at radius 2 is 1.96 bits per heavy atom. The van der Waals surface area contributed by atoms with Gasteiger partial charge < -0.3 is 4.57 Å². The molecule has 0 aliphatic carbocycles. The summed E-state index contributed by atoms with van der Waals surface area (Å²) in [6, 6.07) is 10.4. The van der Waals surface area contributed by atoms with Crippen molar-refractivity contribution in [1.29, 1.82) is 0 Å². The third kappa shape index (κ3) is 3.71. The summed E-state index contributed by atoms with van der Waals surface area (Å²) in [6.45, 7) is 2.77. The van der Waals surface area contributed by atoms with Gasteiger partial charge in [0.1, 0.15) is 0 Å². The molecule has 1 aromatic carbocycles. The smallest absolute Gasteiger partial charge is 0.313 e. The Morgan fingerprint density at radius 1 is 1.20 bits per heavy atom. The lowest BCUT2D eigenvalue weighted by atomic mass is 10.1. The van der Waals surface area contributed by atoms with Crippen molar-refractivity contribution < 1.29 is 0 Å². The average molecular weight is 358 g/mol. The van der Waals surface area contributed by atoms with Crippen LogP contribution in [-0.4, -0.2) is 24.9 Å². The standard InChI is InChI=1S/C18H22N4O2S/c1-3-11-22-14-15(21(2)17(24)20-16(14)23)19-18(22)25-12-7-10-13-8-5-4-6-9-13/h4-6,8-9H,3,7,10-12H2,1-2H3,(H,20,23,24). The minimum absolute atomic E-state index is 0.366. The van der Waals surface area contributed by atoms with Crippen LogP contribution in [0.25, 0.3) is 11.2 Å². The van der Waals surface area contributed by atoms with Gasteiger partial charge in [-0.05, 0) is 24.8 Å². The van der Waals surface area contributed by atoms with E-state index >= 15 is 0 Å². The fraction of sp³-hybridized carbons (Fsp3) is 0.389. The molecule has 0 unspecified atom stereocenters. The van der Waals surface area contributed by atoms with E-state index in [0.717, 1.165) is 30.2 Å². The number of aromatic nitrogens is 4. The van der Waals surface area contributed by atoms with Crippen molar-refractivity contribution in [2.75, 3.05) is 5.75 Å². The van der Waals surface area contributed by atoms with Gasteiger partial charge in [-0.2, -0.15) is 0 Å². The molecule has 6 nitrogen and oxygen atoms in total. The zero-order valence-electron chi connectivity index (χ0n) is 14.5. The summed E-state index contributed by atoms with van der Waals surface area (Å²) in [4.78, 5) is 31.0. The van der Waals surface area contributed by atoms with E-state index in [1.54, 1.807) is 18.8 Å². The molecule has 0 bridgehead atoms. The van der Waals surface area contributed by atoms with Crippen LogP contribution in [0.1, 0.15) is 25.3 Å². The van der Waals surface area contributed by atoms with Crippen molar-refractivity contribution in [2.45, 2.75) is 37.9 Å². The molecule has 25 heavy (non-hydrogen) atoms. The van der Waals surface area contributed by atoms with Crippen LogP contribution in [0.15, 0.2) is 45.1 Å². The Balaban J connectivity index is 1.82. The fourth-order valence-corrected chi connectivity index (χ4v) is 3.80. The molecule has 3 aromatic rings. The van der Waals surface area contributed by atoms with Crippen LogP contribution in [0.2, 0.25) is 0 Å². The van der Waals surface area contributed by atoms with E-state index in [-0.39, 0.29) is 5.56 Å². The molecule has 3 rings (SSSR count). The normalized spacial score (nSPS) is 11.3. The van der Waals surface area contributed by atoms with Gasteiger partial charge in [0, 0.05) is 19.3 Å². The number of hydrogen-bond donors (Lipinski definition) is 1. The number of imidazole rings is 1. The van der Waals surface area contributed by atoms with Gasteiger partial charge in [0.05, 0.1) is 0 Å². The van der Waals surface area contributed by atoms with E-state index in [1.165, 1.54) is 10.1 Å². The average Bonchev–Trinajstić information content (AvgIpc) is 2.97. The van der Waals surface area contributed by atoms with Crippen molar-refractivity contribution >= 4 is 22.9 Å². The van der Waals surface area contributed by atoms with Gasteiger partial charge in [-0.3, -0.25) is 14.3 Å². The summed E-state index contributed by atoms with van der Waals surface area (Å²) in [5, 5.41) is 0.802. The van der Waals surface area contributed by atoms with Crippen LogP contribution in [0.5, 0.6) is 0 Å². The highest BCUT2D eigenvalue weighted by molar-refractivity contribution is 7.99. The summed E-state index contributed by atoms with van der Waals surface area (Å²) in [5.74, 6) is 0.910. The number of aromatic amines is 1. The maximum Gasteiger partial charge on any atom is 0.329 e. The van der Waals surface area contributed by atoms with E-state index in [9.17, 15) is 9.59 Å². The molecule has 0 aliphatic rings. The lowest BCUT2D eigenvalue weighted by Crippen LogP contribution is -2.29. The first-order valence-electron chi connectivity index (χ1n) is 8.48. The number of rotatable bonds is 7. The van der Waals surface area contributed by atoms with Crippen LogP contribution in [0.3, 0.4) is 0 Å². The van der Waals surface area contributed by atoms with Gasteiger partial charge in [0.15, 0.2) is 16.3 Å². The largest absolute Gasteiger partial charge is 0.329 e. The molecule has 7 heteroatoms. The molecule has 2 aromatic heterocycles. The second kappa shape index (κ2) is 7.74. The lowest BCUT2D eigenvalue weighted by Gasteiger charge is -2.06. The number of hydrogen-bond acceptors (Lipinski definition) is 4. The molecule has 0 amide bonds. The number of aryl methyl sites for hydroxylation is 3. The molecule has 0 atom stereocenters. The number of nitrogens with zero attached hydrogens (tertiary/aromatic N) is 3. The second-order valence-corrected chi connectivity index (χ2v) is 7.04. The molecule has 2 heterocycles. The van der Waals surface area contributed by atoms with E-state index in [0.29, 0.717) is 17.7 Å². The first-order valence-corrected chi connectivity index (χ1v) is 9.46. The van der Waals surface area contributed by atoms with Crippen molar-refractivity contribution in [3.8, 4) is 0 Å². The van der Waals surface area contributed by atoms with E-state index < -0.39 is 5.69 Å². The summed E-state index contributed by atoms with van der Waals surface area (Å²) < 4.78 is 3.33. The van der Waals surface area contributed by atoms with Crippen molar-refractivity contribution in [3.63, 3.8) is 0 Å². The monoisotopic (exact) mass is 358 g/mol. The number of nitrogens with one attached hydrogen (secondary N) is 1. The van der Waals surface area contributed by atoms with Crippen LogP contribution in [-0.2, 0) is 20.0 Å². The van der Waals surface area contributed by atoms with Crippen molar-refractivity contribution in [2.24, 2.45) is 7.05 Å². The van der Waals surface area contributed by atoms with E-state index in [2.05, 4.69) is 41.2 Å². The number of H-pyrrole nitrogens is 1. The van der Waals surface area contributed by atoms with E-state index in [1.807, 2.05) is 10.6 Å².